The molecule has 1 N–H and O–H groups in total. The second kappa shape index (κ2) is 5.38. The summed E-state index contributed by atoms with van der Waals surface area (Å²) in [7, 11) is 0. The number of piperidine rings is 1. The lowest BCUT2D eigenvalue weighted by Crippen LogP contribution is -2.52. The van der Waals surface area contributed by atoms with Gasteiger partial charge in [0.15, 0.2) is 0 Å². The molecule has 3 atom stereocenters. The fourth-order valence-electron chi connectivity index (χ4n) is 4.70. The van der Waals surface area contributed by atoms with Crippen molar-refractivity contribution in [1.82, 2.24) is 5.32 Å². The zero-order valence-corrected chi connectivity index (χ0v) is 11.9. The average molecular weight is 274 g/mol. The summed E-state index contributed by atoms with van der Waals surface area (Å²) in [4.78, 5) is 12.1. The maximum Gasteiger partial charge on any atom is 0.309 e. The predicted octanol–water partition coefficient (Wildman–Crippen LogP) is 2.39. The first kappa shape index (κ1) is 14.1. The molecule has 3 unspecified atom stereocenters. The molecule has 3 saturated carbocycles. The summed E-state index contributed by atoms with van der Waals surface area (Å²) >= 11 is 0. The topological polar surface area (TPSA) is 38.3 Å². The Hall–Kier alpha value is -0.280. The van der Waals surface area contributed by atoms with Crippen LogP contribution in [0.2, 0.25) is 0 Å². The summed E-state index contributed by atoms with van der Waals surface area (Å²) in [5, 5.41) is 3.43. The third kappa shape index (κ3) is 1.96. The highest BCUT2D eigenvalue weighted by Gasteiger charge is 2.65. The number of nitrogens with one attached hydrogen (secondary N) is 1. The summed E-state index contributed by atoms with van der Waals surface area (Å²) in [5.74, 6) is 1.74. The van der Waals surface area contributed by atoms with E-state index in [0.29, 0.717) is 17.9 Å². The van der Waals surface area contributed by atoms with Gasteiger partial charge < -0.3 is 10.1 Å². The number of carbonyl (C=O) groups is 1. The van der Waals surface area contributed by atoms with E-state index in [0.717, 1.165) is 19.0 Å². The molecule has 1 saturated heterocycles. The van der Waals surface area contributed by atoms with Crippen LogP contribution in [0.3, 0.4) is 0 Å². The monoisotopic (exact) mass is 273 g/mol. The van der Waals surface area contributed by atoms with Crippen molar-refractivity contribution in [2.24, 2.45) is 23.2 Å². The Morgan fingerprint density at radius 2 is 2.06 bits per heavy atom. The highest BCUT2D eigenvalue weighted by molar-refractivity contribution is 5.85. The Kier molecular flexibility index (Phi) is 4.22. The van der Waals surface area contributed by atoms with Crippen LogP contribution in [0.4, 0.5) is 0 Å². The van der Waals surface area contributed by atoms with Crippen LogP contribution in [-0.2, 0) is 9.53 Å². The van der Waals surface area contributed by atoms with Gasteiger partial charge in [0, 0.05) is 0 Å². The van der Waals surface area contributed by atoms with E-state index in [2.05, 4.69) is 5.32 Å². The van der Waals surface area contributed by atoms with Gasteiger partial charge in [0.05, 0.1) is 12.5 Å². The van der Waals surface area contributed by atoms with Crippen LogP contribution in [0, 0.1) is 23.2 Å². The molecule has 3 aliphatic carbocycles. The third-order valence-corrected chi connectivity index (χ3v) is 5.41. The van der Waals surface area contributed by atoms with Gasteiger partial charge in [-0.05, 0) is 69.4 Å². The van der Waals surface area contributed by atoms with E-state index < -0.39 is 0 Å². The number of rotatable bonds is 3. The van der Waals surface area contributed by atoms with E-state index in [9.17, 15) is 4.79 Å². The highest BCUT2D eigenvalue weighted by Crippen LogP contribution is 2.68. The Labute approximate surface area is 115 Å². The molecule has 0 aromatic heterocycles. The average Bonchev–Trinajstić information content (AvgIpc) is 2.89. The smallest absolute Gasteiger partial charge is 0.309 e. The highest BCUT2D eigenvalue weighted by atomic mass is 35.5. The molecule has 1 heterocycles. The summed E-state index contributed by atoms with van der Waals surface area (Å²) in [5.41, 5.74) is 0.332. The molecule has 0 spiro atoms. The van der Waals surface area contributed by atoms with Gasteiger partial charge in [-0.15, -0.1) is 12.4 Å². The van der Waals surface area contributed by atoms with Crippen LogP contribution in [-0.4, -0.2) is 25.7 Å². The molecule has 1 aliphatic heterocycles. The van der Waals surface area contributed by atoms with E-state index in [4.69, 9.17) is 4.74 Å². The standard InChI is InChI=1S/C14H23NO2.ClH/c1-2-17-13(16)12-10-3-6-14(12,9-10)11-4-7-15-8-5-11;/h10-12,15H,2-9H2,1H3;1H. The van der Waals surface area contributed by atoms with Gasteiger partial charge in [0.1, 0.15) is 0 Å². The first-order valence-corrected chi connectivity index (χ1v) is 7.15. The quantitative estimate of drug-likeness (QED) is 0.803. The van der Waals surface area contributed by atoms with Crippen molar-refractivity contribution < 1.29 is 9.53 Å². The molecule has 18 heavy (non-hydrogen) atoms. The normalized spacial score (nSPS) is 38.7. The molecule has 0 amide bonds. The molecule has 4 aliphatic rings. The fraction of sp³-hybridized carbons (Fsp3) is 0.929. The van der Waals surface area contributed by atoms with Crippen molar-refractivity contribution in [2.75, 3.05) is 19.7 Å². The van der Waals surface area contributed by atoms with Crippen LogP contribution in [0.1, 0.15) is 39.0 Å². The minimum atomic E-state index is 0. The number of carbonyl (C=O) groups excluding carboxylic acids is 1. The number of hydrogen-bond acceptors (Lipinski definition) is 3. The van der Waals surface area contributed by atoms with Gasteiger partial charge in [-0.25, -0.2) is 0 Å². The molecule has 2 bridgehead atoms. The Balaban J connectivity index is 0.00000120. The molecule has 0 aromatic rings. The summed E-state index contributed by atoms with van der Waals surface area (Å²) in [6.07, 6.45) is 6.33. The minimum Gasteiger partial charge on any atom is -0.466 e. The van der Waals surface area contributed by atoms with Gasteiger partial charge in [-0.3, -0.25) is 4.79 Å². The molecular weight excluding hydrogens is 250 g/mol. The van der Waals surface area contributed by atoms with Crippen LogP contribution >= 0.6 is 12.4 Å². The van der Waals surface area contributed by atoms with Gasteiger partial charge in [-0.1, -0.05) is 0 Å². The van der Waals surface area contributed by atoms with Gasteiger partial charge in [0.2, 0.25) is 0 Å². The fourth-order valence-corrected chi connectivity index (χ4v) is 4.70. The lowest BCUT2D eigenvalue weighted by atomic mass is 9.53. The molecular formula is C14H24ClNO2. The molecule has 4 rings (SSSR count). The van der Waals surface area contributed by atoms with Crippen LogP contribution in [0.15, 0.2) is 0 Å². The molecule has 0 radical (unpaired) electrons. The molecule has 4 fully saturated rings. The van der Waals surface area contributed by atoms with Crippen molar-refractivity contribution in [1.29, 1.82) is 0 Å². The second-order valence-corrected chi connectivity index (χ2v) is 5.99. The van der Waals surface area contributed by atoms with Crippen molar-refractivity contribution in [3.05, 3.63) is 0 Å². The van der Waals surface area contributed by atoms with Crippen molar-refractivity contribution in [3.63, 3.8) is 0 Å². The SMILES string of the molecule is CCOC(=O)C1C2CCC1(C1CCNCC1)C2.Cl. The van der Waals surface area contributed by atoms with Gasteiger partial charge in [0.25, 0.3) is 0 Å². The molecule has 4 heteroatoms. The third-order valence-electron chi connectivity index (χ3n) is 5.41. The predicted molar refractivity (Wildman–Crippen MR) is 72.7 cm³/mol. The first-order chi connectivity index (χ1) is 8.28. The van der Waals surface area contributed by atoms with Crippen LogP contribution in [0.5, 0.6) is 0 Å². The number of ether oxygens (including phenoxy) is 1. The molecule has 104 valence electrons. The number of esters is 1. The van der Waals surface area contributed by atoms with Crippen molar-refractivity contribution in [3.8, 4) is 0 Å². The lowest BCUT2D eigenvalue weighted by Gasteiger charge is -2.52. The maximum atomic E-state index is 12.1. The molecule has 3 nitrogen and oxygen atoms in total. The van der Waals surface area contributed by atoms with E-state index in [1.54, 1.807) is 0 Å². The summed E-state index contributed by atoms with van der Waals surface area (Å²) in [6.45, 7) is 4.71. The van der Waals surface area contributed by atoms with Crippen LogP contribution < -0.4 is 5.32 Å². The summed E-state index contributed by atoms with van der Waals surface area (Å²) in [6, 6.07) is 0. The Morgan fingerprint density at radius 3 is 2.67 bits per heavy atom. The lowest BCUT2D eigenvalue weighted by molar-refractivity contribution is -0.167. The van der Waals surface area contributed by atoms with Gasteiger partial charge >= 0.3 is 5.97 Å². The zero-order valence-electron chi connectivity index (χ0n) is 11.1. The number of fused-ring (bicyclic) bond motifs is 1. The summed E-state index contributed by atoms with van der Waals surface area (Å²) < 4.78 is 5.29. The van der Waals surface area contributed by atoms with Crippen LogP contribution in [0.25, 0.3) is 0 Å². The van der Waals surface area contributed by atoms with Gasteiger partial charge in [-0.2, -0.15) is 0 Å². The Morgan fingerprint density at radius 1 is 1.33 bits per heavy atom. The van der Waals surface area contributed by atoms with E-state index in [1.807, 2.05) is 6.92 Å². The zero-order chi connectivity index (χ0) is 11.9. The number of halogens is 1. The largest absolute Gasteiger partial charge is 0.466 e. The van der Waals surface area contributed by atoms with E-state index in [1.165, 1.54) is 32.1 Å². The first-order valence-electron chi connectivity index (χ1n) is 7.15. The Bertz CT molecular complexity index is 313. The maximum absolute atomic E-state index is 12.1. The van der Waals surface area contributed by atoms with E-state index >= 15 is 0 Å². The van der Waals surface area contributed by atoms with E-state index in [-0.39, 0.29) is 24.3 Å². The number of hydrogen-bond donors (Lipinski definition) is 1. The van der Waals surface area contributed by atoms with Crippen molar-refractivity contribution in [2.45, 2.75) is 39.0 Å². The second-order valence-electron chi connectivity index (χ2n) is 5.99. The minimum absolute atomic E-state index is 0. The molecule has 0 aromatic carbocycles. The van der Waals surface area contributed by atoms with Crippen molar-refractivity contribution >= 4 is 18.4 Å².